The van der Waals surface area contributed by atoms with Gasteiger partial charge >= 0.3 is 0 Å². The Bertz CT molecular complexity index is 762. The van der Waals surface area contributed by atoms with Crippen LogP contribution >= 0.6 is 34.8 Å². The van der Waals surface area contributed by atoms with Crippen LogP contribution in [-0.2, 0) is 0 Å². The number of halogens is 3. The molecule has 0 radical (unpaired) electrons. The zero-order valence-corrected chi connectivity index (χ0v) is 11.6. The molecule has 0 saturated heterocycles. The van der Waals surface area contributed by atoms with E-state index in [0.717, 1.165) is 0 Å². The van der Waals surface area contributed by atoms with Gasteiger partial charge in [0.05, 0.1) is 20.8 Å². The first kappa shape index (κ1) is 12.5. The first-order valence-electron chi connectivity index (χ1n) is 5.21. The van der Waals surface area contributed by atoms with Crippen molar-refractivity contribution in [2.24, 2.45) is 0 Å². The summed E-state index contributed by atoms with van der Waals surface area (Å²) in [6, 6.07) is 4.94. The Morgan fingerprint density at radius 2 is 1.89 bits per heavy atom. The van der Waals surface area contributed by atoms with Crippen LogP contribution in [0.15, 0.2) is 28.8 Å². The number of nitrogens with zero attached hydrogens (tertiary/aromatic N) is 2. The van der Waals surface area contributed by atoms with Crippen LogP contribution in [0.5, 0.6) is 0 Å². The molecule has 2 aromatic heterocycles. The second-order valence-electron chi connectivity index (χ2n) is 3.86. The molecule has 0 aliphatic carbocycles. The van der Waals surface area contributed by atoms with Gasteiger partial charge in [-0.2, -0.15) is 0 Å². The van der Waals surface area contributed by atoms with Gasteiger partial charge in [0.15, 0.2) is 0 Å². The number of hydrogen-bond acceptors (Lipinski definition) is 4. The Morgan fingerprint density at radius 1 is 1.11 bits per heavy atom. The lowest BCUT2D eigenvalue weighted by Gasteiger charge is -2.02. The van der Waals surface area contributed by atoms with E-state index in [2.05, 4.69) is 9.97 Å². The molecule has 2 heterocycles. The third kappa shape index (κ3) is 2.23. The van der Waals surface area contributed by atoms with Crippen molar-refractivity contribution in [1.29, 1.82) is 0 Å². The number of aromatic nitrogens is 2. The van der Waals surface area contributed by atoms with E-state index in [0.29, 0.717) is 43.4 Å². The lowest BCUT2D eigenvalue weighted by molar-refractivity contribution is 0.608. The summed E-state index contributed by atoms with van der Waals surface area (Å²) in [6.45, 7) is 0. The van der Waals surface area contributed by atoms with E-state index in [1.54, 1.807) is 18.2 Å². The fourth-order valence-corrected chi connectivity index (χ4v) is 2.14. The van der Waals surface area contributed by atoms with Crippen LogP contribution in [-0.4, -0.2) is 9.97 Å². The van der Waals surface area contributed by atoms with Gasteiger partial charge in [0.25, 0.3) is 0 Å². The predicted octanol–water partition coefficient (Wildman–Crippen LogP) is 4.43. The number of nitrogen functional groups attached to an aromatic ring is 1. The van der Waals surface area contributed by atoms with Crippen molar-refractivity contribution in [3.63, 3.8) is 0 Å². The van der Waals surface area contributed by atoms with Gasteiger partial charge in [-0.05, 0) is 18.2 Å². The summed E-state index contributed by atoms with van der Waals surface area (Å²) in [5, 5.41) is 1.13. The van der Waals surface area contributed by atoms with Gasteiger partial charge in [-0.1, -0.05) is 34.8 Å². The molecule has 3 aromatic rings. The Balaban J connectivity index is 2.19. The maximum atomic E-state index is 5.97. The second-order valence-corrected chi connectivity index (χ2v) is 5.08. The van der Waals surface area contributed by atoms with Gasteiger partial charge in [-0.25, -0.2) is 9.97 Å². The molecule has 0 fully saturated rings. The number of hydrogen-bond donors (Lipinski definition) is 1. The third-order valence-corrected chi connectivity index (χ3v) is 3.54. The zero-order valence-electron chi connectivity index (χ0n) is 9.32. The molecular weight excluding hydrogens is 309 g/mol. The van der Waals surface area contributed by atoms with E-state index in [9.17, 15) is 0 Å². The molecule has 96 valence electrons. The van der Waals surface area contributed by atoms with Gasteiger partial charge < -0.3 is 10.2 Å². The lowest BCUT2D eigenvalue weighted by Crippen LogP contribution is -1.88. The van der Waals surface area contributed by atoms with Crippen LogP contribution in [0.2, 0.25) is 15.1 Å². The van der Waals surface area contributed by atoms with E-state index >= 15 is 0 Å². The van der Waals surface area contributed by atoms with Crippen LogP contribution < -0.4 is 5.73 Å². The maximum absolute atomic E-state index is 5.97. The highest BCUT2D eigenvalue weighted by atomic mass is 35.5. The Labute approximate surface area is 123 Å². The van der Waals surface area contributed by atoms with Gasteiger partial charge in [0.2, 0.25) is 11.6 Å². The number of rotatable bonds is 1. The molecule has 7 heteroatoms. The molecule has 0 unspecified atom stereocenters. The lowest BCUT2D eigenvalue weighted by atomic mass is 10.2. The molecule has 0 saturated carbocycles. The van der Waals surface area contributed by atoms with E-state index in [1.165, 1.54) is 6.20 Å². The fraction of sp³-hybridized carbons (Fsp3) is 0. The Hall–Kier alpha value is -1.49. The zero-order chi connectivity index (χ0) is 13.6. The molecule has 4 nitrogen and oxygen atoms in total. The highest BCUT2D eigenvalue weighted by molar-refractivity contribution is 6.43. The fourth-order valence-electron chi connectivity index (χ4n) is 1.66. The van der Waals surface area contributed by atoms with E-state index in [4.69, 9.17) is 45.0 Å². The van der Waals surface area contributed by atoms with Gasteiger partial charge in [0.1, 0.15) is 5.52 Å². The van der Waals surface area contributed by atoms with Crippen molar-refractivity contribution in [3.8, 4) is 11.5 Å². The first-order chi connectivity index (χ1) is 9.04. The third-order valence-electron chi connectivity index (χ3n) is 2.52. The van der Waals surface area contributed by atoms with E-state index in [-0.39, 0.29) is 0 Å². The SMILES string of the molecule is Nc1cc(-c2nc3cc(Cl)cnc3o2)cc(Cl)c1Cl. The molecule has 19 heavy (non-hydrogen) atoms. The summed E-state index contributed by atoms with van der Waals surface area (Å²) in [5.74, 6) is 0.357. The molecule has 1 aromatic carbocycles. The summed E-state index contributed by atoms with van der Waals surface area (Å²) >= 11 is 17.7. The molecule has 0 atom stereocenters. The summed E-state index contributed by atoms with van der Waals surface area (Å²) in [7, 11) is 0. The predicted molar refractivity (Wildman–Crippen MR) is 76.7 cm³/mol. The topological polar surface area (TPSA) is 64.9 Å². The minimum Gasteiger partial charge on any atom is -0.418 e. The van der Waals surface area contributed by atoms with Crippen molar-refractivity contribution in [3.05, 3.63) is 39.5 Å². The van der Waals surface area contributed by atoms with Crippen molar-refractivity contribution in [2.75, 3.05) is 5.73 Å². The molecule has 0 spiro atoms. The van der Waals surface area contributed by atoms with Crippen LogP contribution in [0.3, 0.4) is 0 Å². The van der Waals surface area contributed by atoms with Crippen molar-refractivity contribution in [1.82, 2.24) is 9.97 Å². The minimum absolute atomic E-state index is 0.308. The second kappa shape index (κ2) is 4.56. The number of fused-ring (bicyclic) bond motifs is 1. The number of nitrogens with two attached hydrogens (primary N) is 1. The molecule has 0 amide bonds. The average Bonchev–Trinajstić information content (AvgIpc) is 2.78. The summed E-state index contributed by atoms with van der Waals surface area (Å²) in [5.41, 5.74) is 7.69. The van der Waals surface area contributed by atoms with Gasteiger partial charge in [-0.15, -0.1) is 0 Å². The number of anilines is 1. The smallest absolute Gasteiger partial charge is 0.247 e. The van der Waals surface area contributed by atoms with Crippen molar-refractivity contribution < 1.29 is 4.42 Å². The molecule has 0 bridgehead atoms. The highest BCUT2D eigenvalue weighted by Crippen LogP contribution is 2.34. The van der Waals surface area contributed by atoms with E-state index in [1.807, 2.05) is 0 Å². The molecule has 2 N–H and O–H groups in total. The standard InChI is InChI=1S/C12H6Cl3N3O/c13-6-3-9-12(17-4-6)19-11(18-9)5-1-7(14)10(15)8(16)2-5/h1-4H,16H2. The molecule has 3 rings (SSSR count). The minimum atomic E-state index is 0.308. The van der Waals surface area contributed by atoms with E-state index < -0.39 is 0 Å². The average molecular weight is 315 g/mol. The summed E-state index contributed by atoms with van der Waals surface area (Å²) in [6.07, 6.45) is 1.49. The molecule has 0 aliphatic rings. The van der Waals surface area contributed by atoms with Gasteiger partial charge in [-0.3, -0.25) is 0 Å². The Morgan fingerprint density at radius 3 is 2.63 bits per heavy atom. The molecule has 0 aliphatic heterocycles. The van der Waals surface area contributed by atoms with Crippen LogP contribution in [0.4, 0.5) is 5.69 Å². The van der Waals surface area contributed by atoms with Crippen molar-refractivity contribution in [2.45, 2.75) is 0 Å². The molecular formula is C12H6Cl3N3O. The summed E-state index contributed by atoms with van der Waals surface area (Å²) in [4.78, 5) is 8.32. The summed E-state index contributed by atoms with van der Waals surface area (Å²) < 4.78 is 5.52. The maximum Gasteiger partial charge on any atom is 0.247 e. The monoisotopic (exact) mass is 313 g/mol. The number of benzene rings is 1. The number of oxazole rings is 1. The van der Waals surface area contributed by atoms with Crippen LogP contribution in [0.1, 0.15) is 0 Å². The Kier molecular flexibility index (Phi) is 3.01. The van der Waals surface area contributed by atoms with Crippen LogP contribution in [0, 0.1) is 0 Å². The highest BCUT2D eigenvalue weighted by Gasteiger charge is 2.13. The normalized spacial score (nSPS) is 11.1. The van der Waals surface area contributed by atoms with Crippen LogP contribution in [0.25, 0.3) is 22.7 Å². The quantitative estimate of drug-likeness (QED) is 0.675. The van der Waals surface area contributed by atoms with Crippen molar-refractivity contribution >= 4 is 51.7 Å². The first-order valence-corrected chi connectivity index (χ1v) is 6.35. The largest absolute Gasteiger partial charge is 0.418 e. The van der Waals surface area contributed by atoms with Gasteiger partial charge in [0, 0.05) is 11.8 Å². The number of pyridine rings is 1.